The summed E-state index contributed by atoms with van der Waals surface area (Å²) in [6.07, 6.45) is 1.84. The number of guanidine groups is 1. The topological polar surface area (TPSA) is 77.5 Å². The average Bonchev–Trinajstić information content (AvgIpc) is 3.24. The van der Waals surface area contributed by atoms with Crippen molar-refractivity contribution < 1.29 is 17.9 Å². The summed E-state index contributed by atoms with van der Waals surface area (Å²) in [5.74, 6) is -0.387. The molecule has 0 bridgehead atoms. The summed E-state index contributed by atoms with van der Waals surface area (Å²) in [4.78, 5) is 4.14. The fraction of sp³-hybridized carbons (Fsp3) is 0.412. The molecule has 6 nitrogen and oxygen atoms in total. The van der Waals surface area contributed by atoms with Crippen LogP contribution in [0, 0.1) is 0 Å². The molecule has 0 unspecified atom stereocenters. The van der Waals surface area contributed by atoms with Crippen LogP contribution in [0.2, 0.25) is 0 Å². The summed E-state index contributed by atoms with van der Waals surface area (Å²) in [5.41, 5.74) is 6.62. The molecule has 0 spiro atoms. The van der Waals surface area contributed by atoms with Crippen molar-refractivity contribution in [3.8, 4) is 5.75 Å². The fourth-order valence-electron chi connectivity index (χ4n) is 2.96. The number of aromatic nitrogens is 2. The highest BCUT2D eigenvalue weighted by atomic mass is 19.4. The Kier molecular flexibility index (Phi) is 5.34. The maximum atomic E-state index is 12.4. The van der Waals surface area contributed by atoms with E-state index in [1.807, 2.05) is 16.9 Å². The van der Waals surface area contributed by atoms with Gasteiger partial charge in [0.25, 0.3) is 0 Å². The van der Waals surface area contributed by atoms with Gasteiger partial charge in [-0.25, -0.2) is 4.99 Å². The number of benzene rings is 1. The van der Waals surface area contributed by atoms with E-state index in [9.17, 15) is 13.2 Å². The molecule has 0 radical (unpaired) electrons. The van der Waals surface area contributed by atoms with Crippen LogP contribution in [0.5, 0.6) is 5.75 Å². The number of nitrogens with two attached hydrogens (primary N) is 1. The first kappa shape index (κ1) is 18.1. The second kappa shape index (κ2) is 7.67. The minimum absolute atomic E-state index is 0.0151. The number of alkyl halides is 3. The van der Waals surface area contributed by atoms with E-state index in [1.54, 1.807) is 6.07 Å². The Bertz CT molecular complexity index is 766. The number of nitrogens with one attached hydrogen (secondary N) is 1. The number of aliphatic imine (C=N–C) groups is 1. The predicted molar refractivity (Wildman–Crippen MR) is 91.8 cm³/mol. The monoisotopic (exact) mass is 367 g/mol. The van der Waals surface area contributed by atoms with Crippen molar-refractivity contribution in [3.63, 3.8) is 0 Å². The zero-order valence-corrected chi connectivity index (χ0v) is 14.0. The van der Waals surface area contributed by atoms with Gasteiger partial charge in [-0.15, -0.1) is 13.2 Å². The van der Waals surface area contributed by atoms with E-state index >= 15 is 0 Å². The van der Waals surface area contributed by atoms with Crippen LogP contribution < -0.4 is 15.8 Å². The minimum atomic E-state index is -4.78. The van der Waals surface area contributed by atoms with E-state index in [0.29, 0.717) is 6.04 Å². The Morgan fingerprint density at radius 1 is 1.27 bits per heavy atom. The van der Waals surface area contributed by atoms with Gasteiger partial charge in [0.05, 0.1) is 24.0 Å². The molecule has 1 aromatic heterocycles. The van der Waals surface area contributed by atoms with E-state index in [0.717, 1.165) is 18.5 Å². The summed E-state index contributed by atoms with van der Waals surface area (Å²) in [6, 6.07) is 7.95. The number of rotatable bonds is 5. The summed E-state index contributed by atoms with van der Waals surface area (Å²) in [7, 11) is 0. The molecule has 1 aromatic carbocycles. The summed E-state index contributed by atoms with van der Waals surface area (Å²) < 4.78 is 43.2. The first-order chi connectivity index (χ1) is 12.4. The van der Waals surface area contributed by atoms with Crippen molar-refractivity contribution in [3.05, 3.63) is 42.2 Å². The Morgan fingerprint density at radius 2 is 2.00 bits per heavy atom. The second-order valence-electron chi connectivity index (χ2n) is 6.10. The molecule has 9 heteroatoms. The van der Waals surface area contributed by atoms with E-state index < -0.39 is 6.36 Å². The van der Waals surface area contributed by atoms with E-state index in [1.165, 1.54) is 31.0 Å². The minimum Gasteiger partial charge on any atom is -0.404 e. The number of ether oxygens (including phenoxy) is 1. The largest absolute Gasteiger partial charge is 0.573 e. The van der Waals surface area contributed by atoms with Gasteiger partial charge < -0.3 is 15.8 Å². The van der Waals surface area contributed by atoms with Gasteiger partial charge in [0.2, 0.25) is 0 Å². The van der Waals surface area contributed by atoms with Crippen LogP contribution in [0.1, 0.15) is 37.4 Å². The molecule has 140 valence electrons. The predicted octanol–water partition coefficient (Wildman–Crippen LogP) is 3.82. The maximum Gasteiger partial charge on any atom is 0.573 e. The van der Waals surface area contributed by atoms with Gasteiger partial charge in [-0.1, -0.05) is 25.0 Å². The van der Waals surface area contributed by atoms with Gasteiger partial charge in [0.1, 0.15) is 0 Å². The Labute approximate surface area is 148 Å². The first-order valence-corrected chi connectivity index (χ1v) is 8.36. The van der Waals surface area contributed by atoms with Gasteiger partial charge in [-0.2, -0.15) is 5.10 Å². The Morgan fingerprint density at radius 3 is 2.73 bits per heavy atom. The van der Waals surface area contributed by atoms with Crippen molar-refractivity contribution in [1.82, 2.24) is 9.78 Å². The lowest BCUT2D eigenvalue weighted by molar-refractivity contribution is -0.274. The molecule has 1 heterocycles. The highest BCUT2D eigenvalue weighted by molar-refractivity contribution is 5.93. The lowest BCUT2D eigenvalue weighted by Gasteiger charge is -2.14. The summed E-state index contributed by atoms with van der Waals surface area (Å²) in [5, 5.41) is 7.12. The second-order valence-corrected chi connectivity index (χ2v) is 6.10. The van der Waals surface area contributed by atoms with Gasteiger partial charge in [-0.3, -0.25) is 4.68 Å². The van der Waals surface area contributed by atoms with Crippen molar-refractivity contribution in [2.24, 2.45) is 10.7 Å². The van der Waals surface area contributed by atoms with Crippen LogP contribution in [-0.4, -0.2) is 22.1 Å². The number of anilines is 1. The SMILES string of the molecule is NC(=NCc1ccn(C2CCCC2)n1)Nc1ccccc1OC(F)(F)F. The molecule has 26 heavy (non-hydrogen) atoms. The van der Waals surface area contributed by atoms with E-state index in [-0.39, 0.29) is 23.9 Å². The van der Waals surface area contributed by atoms with Crippen molar-refractivity contribution in [2.45, 2.75) is 44.6 Å². The van der Waals surface area contributed by atoms with Gasteiger partial charge in [0, 0.05) is 6.20 Å². The molecule has 1 aliphatic rings. The lowest BCUT2D eigenvalue weighted by Crippen LogP contribution is -2.24. The third kappa shape index (κ3) is 4.90. The third-order valence-corrected chi connectivity index (χ3v) is 4.15. The van der Waals surface area contributed by atoms with Crippen molar-refractivity contribution >= 4 is 11.6 Å². The first-order valence-electron chi connectivity index (χ1n) is 8.36. The van der Waals surface area contributed by atoms with Crippen LogP contribution >= 0.6 is 0 Å². The van der Waals surface area contributed by atoms with Gasteiger partial charge >= 0.3 is 6.36 Å². The Hall–Kier alpha value is -2.71. The normalized spacial score (nSPS) is 16.0. The van der Waals surface area contributed by atoms with Crippen LogP contribution in [0.15, 0.2) is 41.5 Å². The van der Waals surface area contributed by atoms with Crippen molar-refractivity contribution in [2.75, 3.05) is 5.32 Å². The fourth-order valence-corrected chi connectivity index (χ4v) is 2.96. The molecular weight excluding hydrogens is 347 g/mol. The highest BCUT2D eigenvalue weighted by Crippen LogP contribution is 2.30. The molecule has 0 amide bonds. The molecule has 1 aliphatic carbocycles. The number of halogens is 3. The van der Waals surface area contributed by atoms with Crippen LogP contribution in [0.3, 0.4) is 0 Å². The Balaban J connectivity index is 1.62. The third-order valence-electron chi connectivity index (χ3n) is 4.15. The smallest absolute Gasteiger partial charge is 0.404 e. The number of nitrogens with zero attached hydrogens (tertiary/aromatic N) is 3. The molecule has 1 saturated carbocycles. The maximum absolute atomic E-state index is 12.4. The molecule has 0 saturated heterocycles. The summed E-state index contributed by atoms with van der Waals surface area (Å²) >= 11 is 0. The standard InChI is InChI=1S/C17H20F3N5O/c18-17(19,20)26-15-8-4-3-7-14(15)23-16(21)22-11-12-9-10-25(24-12)13-5-1-2-6-13/h3-4,7-10,13H,1-2,5-6,11H2,(H3,21,22,23). The molecule has 1 fully saturated rings. The van der Waals surface area contributed by atoms with E-state index in [4.69, 9.17) is 5.73 Å². The van der Waals surface area contributed by atoms with Crippen LogP contribution in [0.4, 0.5) is 18.9 Å². The zero-order valence-electron chi connectivity index (χ0n) is 14.0. The van der Waals surface area contributed by atoms with E-state index in [2.05, 4.69) is 20.1 Å². The molecule has 0 atom stereocenters. The summed E-state index contributed by atoms with van der Waals surface area (Å²) in [6.45, 7) is 0.237. The van der Waals surface area contributed by atoms with Crippen molar-refractivity contribution in [1.29, 1.82) is 0 Å². The molecular formula is C17H20F3N5O. The van der Waals surface area contributed by atoms with Gasteiger partial charge in [0.15, 0.2) is 11.7 Å². The number of hydrogen-bond acceptors (Lipinski definition) is 3. The molecule has 3 rings (SSSR count). The zero-order chi connectivity index (χ0) is 18.6. The number of hydrogen-bond donors (Lipinski definition) is 2. The quantitative estimate of drug-likeness (QED) is 0.622. The van der Waals surface area contributed by atoms with Crippen LogP contribution in [-0.2, 0) is 6.54 Å². The lowest BCUT2D eigenvalue weighted by atomic mass is 10.3. The highest BCUT2D eigenvalue weighted by Gasteiger charge is 2.32. The van der Waals surface area contributed by atoms with Crippen LogP contribution in [0.25, 0.3) is 0 Å². The molecule has 0 aliphatic heterocycles. The molecule has 2 aromatic rings. The average molecular weight is 367 g/mol. The van der Waals surface area contributed by atoms with Gasteiger partial charge in [-0.05, 0) is 31.0 Å². The number of para-hydroxylation sites is 2. The molecule has 3 N–H and O–H groups in total.